The zero-order valence-electron chi connectivity index (χ0n) is 6.15. The Hall–Kier alpha value is -0.490. The van der Waals surface area contributed by atoms with E-state index in [2.05, 4.69) is 5.84 Å². The van der Waals surface area contributed by atoms with E-state index in [1.807, 2.05) is 0 Å². The molecular formula is C5H10ClF3N2O. The van der Waals surface area contributed by atoms with Gasteiger partial charge in [-0.2, -0.15) is 13.2 Å². The summed E-state index contributed by atoms with van der Waals surface area (Å²) >= 11 is 0. The number of nitrogens with two attached hydrogens (primary N) is 1. The smallest absolute Gasteiger partial charge is 0.294 e. The molecule has 0 aromatic carbocycles. The number of nitrogens with one attached hydrogen (secondary N) is 1. The molecule has 3 N–H and O–H groups in total. The molecule has 12 heavy (non-hydrogen) atoms. The first kappa shape index (κ1) is 14.1. The Kier molecular flexibility index (Phi) is 7.12. The van der Waals surface area contributed by atoms with Crippen LogP contribution in [-0.4, -0.2) is 12.1 Å². The highest BCUT2D eigenvalue weighted by molar-refractivity contribution is 5.85. The highest BCUT2D eigenvalue weighted by atomic mass is 35.5. The van der Waals surface area contributed by atoms with Gasteiger partial charge in [0, 0.05) is 12.8 Å². The van der Waals surface area contributed by atoms with Gasteiger partial charge >= 0.3 is 6.18 Å². The molecule has 0 heterocycles. The van der Waals surface area contributed by atoms with Crippen LogP contribution in [0.5, 0.6) is 0 Å². The van der Waals surface area contributed by atoms with Gasteiger partial charge in [-0.25, -0.2) is 5.84 Å². The van der Waals surface area contributed by atoms with Crippen LogP contribution in [0.3, 0.4) is 0 Å². The molecule has 74 valence electrons. The maximum atomic E-state index is 11.4. The minimum Gasteiger partial charge on any atom is -0.294 e. The second-order valence-electron chi connectivity index (χ2n) is 2.04. The van der Waals surface area contributed by atoms with Crippen LogP contribution < -0.4 is 11.3 Å². The van der Waals surface area contributed by atoms with Crippen LogP contribution in [0.15, 0.2) is 0 Å². The molecule has 0 atom stereocenters. The zero-order chi connectivity index (χ0) is 8.91. The van der Waals surface area contributed by atoms with Gasteiger partial charge in [-0.1, -0.05) is 0 Å². The summed E-state index contributed by atoms with van der Waals surface area (Å²) in [7, 11) is 0. The molecule has 0 aromatic rings. The predicted octanol–water partition coefficient (Wildman–Crippen LogP) is 1.13. The normalized spacial score (nSPS) is 10.3. The molecule has 0 saturated carbocycles. The van der Waals surface area contributed by atoms with Crippen LogP contribution in [0.2, 0.25) is 0 Å². The van der Waals surface area contributed by atoms with Crippen molar-refractivity contribution in [3.8, 4) is 0 Å². The van der Waals surface area contributed by atoms with Gasteiger partial charge < -0.3 is 0 Å². The summed E-state index contributed by atoms with van der Waals surface area (Å²) < 4.78 is 34.3. The van der Waals surface area contributed by atoms with Gasteiger partial charge in [-0.3, -0.25) is 10.2 Å². The molecule has 3 nitrogen and oxygen atoms in total. The van der Waals surface area contributed by atoms with Crippen molar-refractivity contribution in [3.63, 3.8) is 0 Å². The third kappa shape index (κ3) is 9.51. The maximum Gasteiger partial charge on any atom is 0.389 e. The van der Waals surface area contributed by atoms with E-state index in [9.17, 15) is 18.0 Å². The first-order chi connectivity index (χ1) is 4.95. The molecule has 0 aliphatic heterocycles. The number of amides is 1. The van der Waals surface area contributed by atoms with Crippen LogP contribution in [-0.2, 0) is 4.79 Å². The van der Waals surface area contributed by atoms with Crippen LogP contribution >= 0.6 is 12.4 Å². The van der Waals surface area contributed by atoms with E-state index in [1.54, 1.807) is 5.43 Å². The van der Waals surface area contributed by atoms with Gasteiger partial charge in [-0.15, -0.1) is 12.4 Å². The Morgan fingerprint density at radius 1 is 1.42 bits per heavy atom. The van der Waals surface area contributed by atoms with Gasteiger partial charge in [0.2, 0.25) is 5.91 Å². The highest BCUT2D eigenvalue weighted by Crippen LogP contribution is 2.21. The molecular weight excluding hydrogens is 197 g/mol. The van der Waals surface area contributed by atoms with Crippen molar-refractivity contribution < 1.29 is 18.0 Å². The van der Waals surface area contributed by atoms with E-state index in [-0.39, 0.29) is 25.2 Å². The fraction of sp³-hybridized carbons (Fsp3) is 0.800. The van der Waals surface area contributed by atoms with E-state index in [1.165, 1.54) is 0 Å². The van der Waals surface area contributed by atoms with Crippen molar-refractivity contribution in [2.24, 2.45) is 5.84 Å². The minimum absolute atomic E-state index is 0. The average molecular weight is 207 g/mol. The number of carbonyl (C=O) groups excluding carboxylic acids is 1. The predicted molar refractivity (Wildman–Crippen MR) is 39.5 cm³/mol. The number of halogens is 4. The fourth-order valence-corrected chi connectivity index (χ4v) is 0.522. The number of hydrogen-bond donors (Lipinski definition) is 2. The number of carbonyl (C=O) groups is 1. The zero-order valence-corrected chi connectivity index (χ0v) is 6.97. The Morgan fingerprint density at radius 3 is 2.25 bits per heavy atom. The SMILES string of the molecule is Cl.NNC(=O)CCCC(F)(F)F. The molecule has 1 amide bonds. The van der Waals surface area contributed by atoms with Gasteiger partial charge in [0.15, 0.2) is 0 Å². The summed E-state index contributed by atoms with van der Waals surface area (Å²) in [6.45, 7) is 0. The van der Waals surface area contributed by atoms with Gasteiger partial charge in [0.05, 0.1) is 0 Å². The summed E-state index contributed by atoms with van der Waals surface area (Å²) in [5.41, 5.74) is 1.74. The Labute approximate surface area is 73.9 Å². The standard InChI is InChI=1S/C5H9F3N2O.ClH/c6-5(7,8)3-1-2-4(11)10-9;/h1-3,9H2,(H,10,11);1H. The summed E-state index contributed by atoms with van der Waals surface area (Å²) in [4.78, 5) is 10.3. The van der Waals surface area contributed by atoms with Crippen LogP contribution in [0.25, 0.3) is 0 Å². The van der Waals surface area contributed by atoms with E-state index < -0.39 is 18.5 Å². The highest BCUT2D eigenvalue weighted by Gasteiger charge is 2.26. The van der Waals surface area contributed by atoms with Crippen molar-refractivity contribution in [2.45, 2.75) is 25.4 Å². The summed E-state index contributed by atoms with van der Waals surface area (Å²) in [6, 6.07) is 0. The Bertz CT molecular complexity index is 139. The molecule has 0 aliphatic rings. The number of alkyl halides is 3. The van der Waals surface area contributed by atoms with Gasteiger partial charge in [0.25, 0.3) is 0 Å². The van der Waals surface area contributed by atoms with E-state index >= 15 is 0 Å². The lowest BCUT2D eigenvalue weighted by Crippen LogP contribution is -2.29. The first-order valence-corrected chi connectivity index (χ1v) is 3.02. The molecule has 7 heteroatoms. The third-order valence-corrected chi connectivity index (χ3v) is 1.03. The van der Waals surface area contributed by atoms with E-state index in [0.29, 0.717) is 0 Å². The van der Waals surface area contributed by atoms with Crippen molar-refractivity contribution in [1.29, 1.82) is 0 Å². The molecule has 0 saturated heterocycles. The molecule has 0 bridgehead atoms. The minimum atomic E-state index is -4.19. The number of hydrogen-bond acceptors (Lipinski definition) is 2. The Morgan fingerprint density at radius 2 is 1.92 bits per heavy atom. The van der Waals surface area contributed by atoms with Crippen molar-refractivity contribution in [2.75, 3.05) is 0 Å². The largest absolute Gasteiger partial charge is 0.389 e. The topological polar surface area (TPSA) is 55.1 Å². The lowest BCUT2D eigenvalue weighted by Gasteiger charge is -2.04. The summed E-state index contributed by atoms with van der Waals surface area (Å²) in [6.07, 6.45) is -5.53. The monoisotopic (exact) mass is 206 g/mol. The molecule has 0 radical (unpaired) electrons. The second kappa shape index (κ2) is 6.07. The van der Waals surface area contributed by atoms with Crippen LogP contribution in [0.1, 0.15) is 19.3 Å². The first-order valence-electron chi connectivity index (χ1n) is 3.02. The van der Waals surface area contributed by atoms with Crippen molar-refractivity contribution >= 4 is 18.3 Å². The lowest BCUT2D eigenvalue weighted by molar-refractivity contribution is -0.137. The average Bonchev–Trinajstić information content (AvgIpc) is 1.85. The van der Waals surface area contributed by atoms with E-state index in [4.69, 9.17) is 0 Å². The van der Waals surface area contributed by atoms with Crippen molar-refractivity contribution in [1.82, 2.24) is 5.43 Å². The molecule has 0 rings (SSSR count). The van der Waals surface area contributed by atoms with Crippen LogP contribution in [0.4, 0.5) is 13.2 Å². The summed E-state index contributed by atoms with van der Waals surface area (Å²) in [5, 5.41) is 0. The quantitative estimate of drug-likeness (QED) is 0.413. The molecule has 0 unspecified atom stereocenters. The van der Waals surface area contributed by atoms with Crippen LogP contribution in [0, 0.1) is 0 Å². The third-order valence-electron chi connectivity index (χ3n) is 1.03. The fourth-order valence-electron chi connectivity index (χ4n) is 0.522. The van der Waals surface area contributed by atoms with E-state index in [0.717, 1.165) is 0 Å². The number of hydrazine groups is 1. The van der Waals surface area contributed by atoms with Gasteiger partial charge in [-0.05, 0) is 6.42 Å². The maximum absolute atomic E-state index is 11.4. The van der Waals surface area contributed by atoms with Gasteiger partial charge in [0.1, 0.15) is 0 Å². The second-order valence-corrected chi connectivity index (χ2v) is 2.04. The molecule has 0 spiro atoms. The summed E-state index contributed by atoms with van der Waals surface area (Å²) in [5.74, 6) is 4.07. The molecule has 0 aromatic heterocycles. The number of rotatable bonds is 3. The molecule has 0 fully saturated rings. The molecule has 0 aliphatic carbocycles. The van der Waals surface area contributed by atoms with Crippen molar-refractivity contribution in [3.05, 3.63) is 0 Å². The lowest BCUT2D eigenvalue weighted by atomic mass is 10.2. The Balaban J connectivity index is 0.